The third-order valence-corrected chi connectivity index (χ3v) is 4.48. The van der Waals surface area contributed by atoms with Crippen LogP contribution in [-0.2, 0) is 4.74 Å². The molecule has 2 unspecified atom stereocenters. The van der Waals surface area contributed by atoms with E-state index in [1.807, 2.05) is 32.9 Å². The zero-order valence-electron chi connectivity index (χ0n) is 15.0. The summed E-state index contributed by atoms with van der Waals surface area (Å²) in [6.07, 6.45) is 2.05. The lowest BCUT2D eigenvalue weighted by Crippen LogP contribution is -2.37. The number of carbonyl (C=O) groups excluding carboxylic acids is 2. The molecule has 7 heteroatoms. The number of cyclic esters (lactones) is 1. The summed E-state index contributed by atoms with van der Waals surface area (Å²) < 4.78 is 5.18. The van der Waals surface area contributed by atoms with Gasteiger partial charge in [-0.3, -0.25) is 9.69 Å². The fourth-order valence-electron chi connectivity index (χ4n) is 2.88. The molecule has 1 saturated heterocycles. The first-order valence-corrected chi connectivity index (χ1v) is 8.60. The summed E-state index contributed by atoms with van der Waals surface area (Å²) in [5, 5.41) is 3.23. The summed E-state index contributed by atoms with van der Waals surface area (Å²) in [4.78, 5) is 33.2. The topological polar surface area (TPSA) is 84.4 Å². The smallest absolute Gasteiger partial charge is 0.415 e. The number of hydrogen-bond donors (Lipinski definition) is 1. The van der Waals surface area contributed by atoms with E-state index in [4.69, 9.17) is 4.74 Å². The van der Waals surface area contributed by atoms with Crippen molar-refractivity contribution in [3.05, 3.63) is 47.7 Å². The van der Waals surface area contributed by atoms with Crippen molar-refractivity contribution in [2.24, 2.45) is 5.92 Å². The lowest BCUT2D eigenvalue weighted by Gasteiger charge is -2.23. The number of carbonyl (C=O) groups is 2. The summed E-state index contributed by atoms with van der Waals surface area (Å²) in [6.45, 7) is 6.44. The third kappa shape index (κ3) is 3.66. The van der Waals surface area contributed by atoms with Crippen molar-refractivity contribution in [2.75, 3.05) is 16.8 Å². The molecule has 2 heterocycles. The third-order valence-electron chi connectivity index (χ3n) is 4.48. The molecule has 1 aromatic carbocycles. The molecule has 0 radical (unpaired) electrons. The number of anilines is 2. The van der Waals surface area contributed by atoms with Gasteiger partial charge in [0.05, 0.1) is 12.1 Å². The SMILES string of the molecule is CC(Nc1nccc(N2C(=O)OCC2C(C)C)n1)c1ccc(C=O)cc1. The van der Waals surface area contributed by atoms with Crippen LogP contribution in [0.25, 0.3) is 0 Å². The highest BCUT2D eigenvalue weighted by molar-refractivity contribution is 5.89. The summed E-state index contributed by atoms with van der Waals surface area (Å²) in [5.74, 6) is 1.20. The standard InChI is InChI=1S/C19H22N4O3/c1-12(2)16-11-26-19(25)23(16)17-8-9-20-18(22-17)21-13(3)15-6-4-14(10-24)5-7-15/h4-10,12-13,16H,11H2,1-3H3,(H,20,21,22). The maximum Gasteiger partial charge on any atom is 0.415 e. The van der Waals surface area contributed by atoms with Gasteiger partial charge in [-0.2, -0.15) is 4.98 Å². The van der Waals surface area contributed by atoms with Crippen LogP contribution < -0.4 is 10.2 Å². The Labute approximate surface area is 152 Å². The molecule has 1 amide bonds. The number of aldehydes is 1. The molecule has 1 aliphatic heterocycles. The average molecular weight is 354 g/mol. The molecular formula is C19H22N4O3. The minimum absolute atomic E-state index is 0.0430. The van der Waals surface area contributed by atoms with Gasteiger partial charge < -0.3 is 10.1 Å². The van der Waals surface area contributed by atoms with E-state index in [2.05, 4.69) is 15.3 Å². The number of nitrogens with zero attached hydrogens (tertiary/aromatic N) is 3. The predicted octanol–water partition coefficient (Wildman–Crippen LogP) is 3.44. The second-order valence-electron chi connectivity index (χ2n) is 6.65. The van der Waals surface area contributed by atoms with Crippen LogP contribution in [0.3, 0.4) is 0 Å². The van der Waals surface area contributed by atoms with Gasteiger partial charge in [-0.25, -0.2) is 9.78 Å². The molecule has 1 aromatic heterocycles. The van der Waals surface area contributed by atoms with Crippen LogP contribution in [0.1, 0.15) is 42.7 Å². The molecule has 0 saturated carbocycles. The van der Waals surface area contributed by atoms with E-state index in [0.717, 1.165) is 11.8 Å². The first-order chi connectivity index (χ1) is 12.5. The van der Waals surface area contributed by atoms with Crippen molar-refractivity contribution in [2.45, 2.75) is 32.9 Å². The largest absolute Gasteiger partial charge is 0.447 e. The van der Waals surface area contributed by atoms with Crippen molar-refractivity contribution in [3.8, 4) is 0 Å². The molecule has 7 nitrogen and oxygen atoms in total. The van der Waals surface area contributed by atoms with Crippen LogP contribution >= 0.6 is 0 Å². The van der Waals surface area contributed by atoms with E-state index in [0.29, 0.717) is 23.9 Å². The second-order valence-corrected chi connectivity index (χ2v) is 6.65. The van der Waals surface area contributed by atoms with Gasteiger partial charge in [-0.1, -0.05) is 38.1 Å². The second kappa shape index (κ2) is 7.51. The average Bonchev–Trinajstić information content (AvgIpc) is 3.04. The van der Waals surface area contributed by atoms with Crippen molar-refractivity contribution in [3.63, 3.8) is 0 Å². The molecule has 136 valence electrons. The number of ether oxygens (including phenoxy) is 1. The van der Waals surface area contributed by atoms with Crippen LogP contribution in [0.2, 0.25) is 0 Å². The van der Waals surface area contributed by atoms with Gasteiger partial charge >= 0.3 is 6.09 Å². The zero-order valence-corrected chi connectivity index (χ0v) is 15.0. The lowest BCUT2D eigenvalue weighted by molar-refractivity contribution is 0.112. The summed E-state index contributed by atoms with van der Waals surface area (Å²) in [5.41, 5.74) is 1.64. The maximum absolute atomic E-state index is 12.1. The van der Waals surface area contributed by atoms with Crippen LogP contribution in [0.4, 0.5) is 16.6 Å². The number of benzene rings is 1. The van der Waals surface area contributed by atoms with Gasteiger partial charge in [0.25, 0.3) is 0 Å². The first kappa shape index (κ1) is 17.8. The highest BCUT2D eigenvalue weighted by Gasteiger charge is 2.37. The number of amides is 1. The highest BCUT2D eigenvalue weighted by Crippen LogP contribution is 2.26. The Morgan fingerprint density at radius 3 is 2.62 bits per heavy atom. The Bertz CT molecular complexity index is 792. The Morgan fingerprint density at radius 1 is 1.23 bits per heavy atom. The maximum atomic E-state index is 12.1. The minimum Gasteiger partial charge on any atom is -0.447 e. The van der Waals surface area contributed by atoms with Crippen LogP contribution in [0, 0.1) is 5.92 Å². The molecule has 3 rings (SSSR count). The molecule has 2 atom stereocenters. The van der Waals surface area contributed by atoms with E-state index < -0.39 is 0 Å². The summed E-state index contributed by atoms with van der Waals surface area (Å²) >= 11 is 0. The summed E-state index contributed by atoms with van der Waals surface area (Å²) in [6, 6.07) is 8.92. The number of nitrogens with one attached hydrogen (secondary N) is 1. The van der Waals surface area contributed by atoms with E-state index in [1.165, 1.54) is 0 Å². The van der Waals surface area contributed by atoms with Gasteiger partial charge in [-0.15, -0.1) is 0 Å². The Kier molecular flexibility index (Phi) is 5.16. The fraction of sp³-hybridized carbons (Fsp3) is 0.368. The zero-order chi connectivity index (χ0) is 18.7. The number of aromatic nitrogens is 2. The molecule has 0 spiro atoms. The highest BCUT2D eigenvalue weighted by atomic mass is 16.6. The van der Waals surface area contributed by atoms with Crippen LogP contribution in [0.15, 0.2) is 36.5 Å². The minimum atomic E-state index is -0.383. The quantitative estimate of drug-likeness (QED) is 0.800. The molecule has 2 aromatic rings. The van der Waals surface area contributed by atoms with Crippen LogP contribution in [-0.4, -0.2) is 35.0 Å². The van der Waals surface area contributed by atoms with Crippen LogP contribution in [0.5, 0.6) is 0 Å². The molecule has 0 aliphatic carbocycles. The fourth-order valence-corrected chi connectivity index (χ4v) is 2.88. The Balaban J connectivity index is 1.78. The summed E-state index contributed by atoms with van der Waals surface area (Å²) in [7, 11) is 0. The molecule has 1 fully saturated rings. The monoisotopic (exact) mass is 354 g/mol. The molecular weight excluding hydrogens is 332 g/mol. The van der Waals surface area contributed by atoms with E-state index in [9.17, 15) is 9.59 Å². The van der Waals surface area contributed by atoms with Crippen molar-refractivity contribution < 1.29 is 14.3 Å². The van der Waals surface area contributed by atoms with Gasteiger partial charge in [0.1, 0.15) is 18.7 Å². The van der Waals surface area contributed by atoms with E-state index >= 15 is 0 Å². The number of rotatable bonds is 6. The first-order valence-electron chi connectivity index (χ1n) is 8.60. The van der Waals surface area contributed by atoms with Gasteiger partial charge in [0.15, 0.2) is 0 Å². The Hall–Kier alpha value is -2.96. The van der Waals surface area contributed by atoms with Crippen molar-refractivity contribution in [1.29, 1.82) is 0 Å². The van der Waals surface area contributed by atoms with Gasteiger partial charge in [-0.05, 0) is 24.5 Å². The molecule has 1 aliphatic rings. The van der Waals surface area contributed by atoms with Gasteiger partial charge in [0, 0.05) is 11.8 Å². The van der Waals surface area contributed by atoms with E-state index in [-0.39, 0.29) is 24.1 Å². The van der Waals surface area contributed by atoms with Crippen molar-refractivity contribution in [1.82, 2.24) is 9.97 Å². The number of hydrogen-bond acceptors (Lipinski definition) is 6. The molecule has 0 bridgehead atoms. The van der Waals surface area contributed by atoms with Crippen molar-refractivity contribution >= 4 is 24.1 Å². The molecule has 1 N–H and O–H groups in total. The van der Waals surface area contributed by atoms with Gasteiger partial charge in [0.2, 0.25) is 5.95 Å². The molecule has 26 heavy (non-hydrogen) atoms. The normalized spacial score (nSPS) is 17.9. The van der Waals surface area contributed by atoms with E-state index in [1.54, 1.807) is 29.3 Å². The lowest BCUT2D eigenvalue weighted by atomic mass is 10.0. The predicted molar refractivity (Wildman–Crippen MR) is 98.4 cm³/mol. The Morgan fingerprint density at radius 2 is 1.96 bits per heavy atom.